The molecule has 25 heavy (non-hydrogen) atoms. The third kappa shape index (κ3) is 2.05. The van der Waals surface area contributed by atoms with Gasteiger partial charge in [-0.25, -0.2) is 9.59 Å². The average Bonchev–Trinajstić information content (AvgIpc) is 2.92. The molecule has 1 aromatic heterocycles. The Morgan fingerprint density at radius 2 is 2.16 bits per heavy atom. The van der Waals surface area contributed by atoms with Crippen molar-refractivity contribution in [1.82, 2.24) is 4.90 Å². The molecule has 0 bridgehead atoms. The molecule has 0 fully saturated rings. The van der Waals surface area contributed by atoms with Gasteiger partial charge in [-0.15, -0.1) is 0 Å². The second kappa shape index (κ2) is 5.42. The number of rotatable bonds is 2. The molecule has 130 valence electrons. The van der Waals surface area contributed by atoms with Crippen LogP contribution >= 0.6 is 0 Å². The van der Waals surface area contributed by atoms with Gasteiger partial charge in [0.2, 0.25) is 11.7 Å². The quantitative estimate of drug-likeness (QED) is 0.742. The molecule has 7 nitrogen and oxygen atoms in total. The van der Waals surface area contributed by atoms with E-state index < -0.39 is 17.1 Å². The number of hydrogen-bond acceptors (Lipinski definition) is 6. The van der Waals surface area contributed by atoms with Gasteiger partial charge in [0.05, 0.1) is 18.8 Å². The van der Waals surface area contributed by atoms with E-state index in [4.69, 9.17) is 9.15 Å². The predicted octanol–water partition coefficient (Wildman–Crippen LogP) is 0.921. The highest BCUT2D eigenvalue weighted by Crippen LogP contribution is 2.50. The fourth-order valence-electron chi connectivity index (χ4n) is 4.08. The fraction of sp³-hybridized carbons (Fsp3) is 0.389. The molecule has 1 amide bonds. The van der Waals surface area contributed by atoms with Crippen LogP contribution in [0.4, 0.5) is 0 Å². The van der Waals surface area contributed by atoms with Crippen LogP contribution in [0.25, 0.3) is 0 Å². The molecule has 2 atom stereocenters. The lowest BCUT2D eigenvalue weighted by Crippen LogP contribution is -2.53. The number of hydrogen-bond donors (Lipinski definition) is 0. The first-order valence-electron chi connectivity index (χ1n) is 8.02. The predicted molar refractivity (Wildman–Crippen MR) is 86.0 cm³/mol. The maximum atomic E-state index is 12.5. The summed E-state index contributed by atoms with van der Waals surface area (Å²) < 4.78 is 15.3. The number of carbonyl (C=O) groups excluding carboxylic acids is 2. The van der Waals surface area contributed by atoms with Gasteiger partial charge in [-0.05, 0) is 23.6 Å². The zero-order chi connectivity index (χ0) is 17.8. The molecule has 1 aliphatic carbocycles. The summed E-state index contributed by atoms with van der Waals surface area (Å²) in [6.45, 7) is 0.415. The standard InChI is InChI=1S/C18H17NO6/c1-23-11-4-3-10-7-15(20)19-6-5-12-13(18(10,19)9-11)8-14(17(22)24-2)25-16(12)21/h3-4,7-8,11H,5-6,9H2,1-2H3/t11-,18-/m0/s1. The Bertz CT molecular complexity index is 895. The van der Waals surface area contributed by atoms with Crippen molar-refractivity contribution >= 4 is 11.9 Å². The summed E-state index contributed by atoms with van der Waals surface area (Å²) in [6.07, 6.45) is 6.00. The van der Waals surface area contributed by atoms with Gasteiger partial charge in [-0.1, -0.05) is 12.2 Å². The zero-order valence-corrected chi connectivity index (χ0v) is 13.9. The minimum atomic E-state index is -0.807. The summed E-state index contributed by atoms with van der Waals surface area (Å²) in [5.41, 5.74) is 0.551. The van der Waals surface area contributed by atoms with Crippen LogP contribution in [0.3, 0.4) is 0 Å². The maximum Gasteiger partial charge on any atom is 0.374 e. The Morgan fingerprint density at radius 1 is 1.36 bits per heavy atom. The van der Waals surface area contributed by atoms with Crippen molar-refractivity contribution in [3.63, 3.8) is 0 Å². The molecule has 3 heterocycles. The summed E-state index contributed by atoms with van der Waals surface area (Å²) in [5, 5.41) is 0. The first kappa shape index (κ1) is 15.8. The third-order valence-electron chi connectivity index (χ3n) is 5.24. The number of esters is 1. The van der Waals surface area contributed by atoms with E-state index in [-0.39, 0.29) is 17.8 Å². The van der Waals surface area contributed by atoms with E-state index in [2.05, 4.69) is 4.74 Å². The molecule has 0 N–H and O–H groups in total. The highest BCUT2D eigenvalue weighted by atomic mass is 16.5. The van der Waals surface area contributed by atoms with Crippen LogP contribution < -0.4 is 5.63 Å². The van der Waals surface area contributed by atoms with Crippen molar-refractivity contribution in [2.45, 2.75) is 24.5 Å². The summed E-state index contributed by atoms with van der Waals surface area (Å²) in [5.74, 6) is -0.988. The molecule has 1 spiro atoms. The van der Waals surface area contributed by atoms with Gasteiger partial charge >= 0.3 is 11.6 Å². The van der Waals surface area contributed by atoms with Crippen LogP contribution in [0.2, 0.25) is 0 Å². The van der Waals surface area contributed by atoms with Crippen molar-refractivity contribution in [3.8, 4) is 0 Å². The molecule has 1 aromatic rings. The largest absolute Gasteiger partial charge is 0.463 e. The van der Waals surface area contributed by atoms with Gasteiger partial charge in [0.15, 0.2) is 0 Å². The Kier molecular flexibility index (Phi) is 3.43. The lowest BCUT2D eigenvalue weighted by molar-refractivity contribution is -0.130. The molecule has 0 aromatic carbocycles. The van der Waals surface area contributed by atoms with Gasteiger partial charge in [0.1, 0.15) is 0 Å². The summed E-state index contributed by atoms with van der Waals surface area (Å²) in [7, 11) is 2.82. The Labute approximate surface area is 143 Å². The van der Waals surface area contributed by atoms with Gasteiger partial charge in [0.25, 0.3) is 0 Å². The number of amides is 1. The van der Waals surface area contributed by atoms with E-state index in [1.54, 1.807) is 18.1 Å². The second-order valence-corrected chi connectivity index (χ2v) is 6.32. The average molecular weight is 343 g/mol. The summed E-state index contributed by atoms with van der Waals surface area (Å²) >= 11 is 0. The third-order valence-corrected chi connectivity index (χ3v) is 5.24. The van der Waals surface area contributed by atoms with Crippen molar-refractivity contribution < 1.29 is 23.5 Å². The summed E-state index contributed by atoms with van der Waals surface area (Å²) in [4.78, 5) is 38.6. The van der Waals surface area contributed by atoms with E-state index >= 15 is 0 Å². The Hall–Kier alpha value is -2.67. The fourth-order valence-corrected chi connectivity index (χ4v) is 4.08. The molecule has 4 rings (SSSR count). The van der Waals surface area contributed by atoms with Crippen molar-refractivity contribution in [2.24, 2.45) is 0 Å². The molecule has 0 unspecified atom stereocenters. The van der Waals surface area contributed by atoms with Gasteiger partial charge in [0, 0.05) is 31.7 Å². The van der Waals surface area contributed by atoms with Gasteiger partial charge in [-0.3, -0.25) is 4.79 Å². The molecular formula is C18H17NO6. The first-order valence-corrected chi connectivity index (χ1v) is 8.02. The number of ether oxygens (including phenoxy) is 2. The van der Waals surface area contributed by atoms with Crippen LogP contribution in [0.1, 0.15) is 28.1 Å². The van der Waals surface area contributed by atoms with Crippen LogP contribution in [-0.4, -0.2) is 43.6 Å². The highest BCUT2D eigenvalue weighted by Gasteiger charge is 2.54. The molecule has 2 aliphatic heterocycles. The Balaban J connectivity index is 1.98. The number of fused-ring (bicyclic) bond motifs is 1. The molecular weight excluding hydrogens is 326 g/mol. The smallest absolute Gasteiger partial charge is 0.374 e. The molecule has 0 saturated carbocycles. The van der Waals surface area contributed by atoms with Gasteiger partial charge < -0.3 is 18.8 Å². The molecule has 0 radical (unpaired) electrons. The topological polar surface area (TPSA) is 86.1 Å². The molecule has 7 heteroatoms. The Morgan fingerprint density at radius 3 is 2.88 bits per heavy atom. The highest BCUT2D eigenvalue weighted by molar-refractivity contribution is 5.95. The van der Waals surface area contributed by atoms with E-state index in [1.807, 2.05) is 12.2 Å². The van der Waals surface area contributed by atoms with E-state index in [0.29, 0.717) is 30.5 Å². The van der Waals surface area contributed by atoms with Crippen LogP contribution in [0, 0.1) is 0 Å². The maximum absolute atomic E-state index is 12.5. The van der Waals surface area contributed by atoms with E-state index in [0.717, 1.165) is 5.57 Å². The second-order valence-electron chi connectivity index (χ2n) is 6.32. The first-order chi connectivity index (χ1) is 12.0. The number of nitrogens with zero attached hydrogens (tertiary/aromatic N) is 1. The van der Waals surface area contributed by atoms with Crippen molar-refractivity contribution in [3.05, 3.63) is 57.2 Å². The van der Waals surface area contributed by atoms with E-state index in [9.17, 15) is 14.4 Å². The van der Waals surface area contributed by atoms with Crippen LogP contribution in [-0.2, 0) is 26.2 Å². The SMILES string of the molecule is COC(=O)c1cc2c(c(=O)o1)CCN1C(=O)C=C3C=C[C@H](OC)C[C@]321. The number of methoxy groups -OCH3 is 2. The monoisotopic (exact) mass is 343 g/mol. The van der Waals surface area contributed by atoms with Crippen LogP contribution in [0.15, 0.2) is 39.1 Å². The minimum Gasteiger partial charge on any atom is -0.463 e. The lowest BCUT2D eigenvalue weighted by Gasteiger charge is -2.47. The summed E-state index contributed by atoms with van der Waals surface area (Å²) in [6, 6.07) is 1.53. The van der Waals surface area contributed by atoms with Crippen LogP contribution in [0.5, 0.6) is 0 Å². The molecule has 0 saturated heterocycles. The normalized spacial score (nSPS) is 26.6. The lowest BCUT2D eigenvalue weighted by atomic mass is 9.72. The van der Waals surface area contributed by atoms with E-state index in [1.165, 1.54) is 13.2 Å². The van der Waals surface area contributed by atoms with Crippen molar-refractivity contribution in [2.75, 3.05) is 20.8 Å². The number of carbonyl (C=O) groups is 2. The molecule has 3 aliphatic rings. The minimum absolute atomic E-state index is 0.102. The van der Waals surface area contributed by atoms with Crippen molar-refractivity contribution in [1.29, 1.82) is 0 Å². The zero-order valence-electron chi connectivity index (χ0n) is 13.9. The van der Waals surface area contributed by atoms with Gasteiger partial charge in [-0.2, -0.15) is 0 Å².